The highest BCUT2D eigenvalue weighted by molar-refractivity contribution is 5.95. The summed E-state index contributed by atoms with van der Waals surface area (Å²) in [6.45, 7) is 10.9. The van der Waals surface area contributed by atoms with E-state index in [1.54, 1.807) is 24.5 Å². The summed E-state index contributed by atoms with van der Waals surface area (Å²) in [7, 11) is 1.88. The molecule has 0 bridgehead atoms. The molecule has 0 atom stereocenters. The quantitative estimate of drug-likeness (QED) is 0.386. The van der Waals surface area contributed by atoms with Gasteiger partial charge in [-0.05, 0) is 65.4 Å². The van der Waals surface area contributed by atoms with Gasteiger partial charge in [0.1, 0.15) is 12.4 Å². The van der Waals surface area contributed by atoms with Crippen LogP contribution in [0.15, 0.2) is 59.7 Å². The first-order valence-corrected chi connectivity index (χ1v) is 11.8. The van der Waals surface area contributed by atoms with Crippen LogP contribution in [0, 0.1) is 6.92 Å². The lowest BCUT2D eigenvalue weighted by molar-refractivity contribution is 0.0943. The minimum atomic E-state index is -0.643. The van der Waals surface area contributed by atoms with Crippen LogP contribution in [-0.2, 0) is 5.54 Å². The molecule has 3 rings (SSSR count). The molecule has 186 valence electrons. The van der Waals surface area contributed by atoms with Crippen LogP contribution in [0.1, 0.15) is 49.2 Å². The number of aromatic nitrogens is 2. The number of amides is 1. The van der Waals surface area contributed by atoms with Crippen molar-refractivity contribution in [1.82, 2.24) is 20.2 Å². The van der Waals surface area contributed by atoms with E-state index < -0.39 is 5.54 Å². The molecule has 0 radical (unpaired) electrons. The zero-order valence-electron chi connectivity index (χ0n) is 21.3. The van der Waals surface area contributed by atoms with Crippen molar-refractivity contribution in [3.8, 4) is 11.4 Å². The molecule has 1 heterocycles. The van der Waals surface area contributed by atoms with Gasteiger partial charge in [-0.2, -0.15) is 0 Å². The smallest absolute Gasteiger partial charge is 0.297 e. The molecule has 0 aliphatic carbocycles. The number of aryl methyl sites for hydroxylation is 1. The lowest BCUT2D eigenvalue weighted by Gasteiger charge is -2.29. The second-order valence-electron chi connectivity index (χ2n) is 9.28. The molecule has 3 aromatic rings. The van der Waals surface area contributed by atoms with E-state index in [4.69, 9.17) is 4.74 Å². The van der Waals surface area contributed by atoms with E-state index in [-0.39, 0.29) is 23.3 Å². The number of anilines is 1. The molecule has 1 aromatic heterocycles. The number of para-hydroxylation sites is 1. The van der Waals surface area contributed by atoms with Crippen molar-refractivity contribution in [3.05, 3.63) is 81.9 Å². The van der Waals surface area contributed by atoms with Gasteiger partial charge in [0.05, 0.1) is 11.2 Å². The van der Waals surface area contributed by atoms with Crippen molar-refractivity contribution in [1.29, 1.82) is 0 Å². The second kappa shape index (κ2) is 11.2. The summed E-state index contributed by atoms with van der Waals surface area (Å²) in [6.07, 6.45) is 3.19. The number of nitrogens with one attached hydrogen (secondary N) is 3. The van der Waals surface area contributed by atoms with Gasteiger partial charge in [0, 0.05) is 36.1 Å². The minimum absolute atomic E-state index is 0.0130. The molecule has 0 saturated carbocycles. The lowest BCUT2D eigenvalue weighted by Crippen LogP contribution is -2.34. The molecule has 35 heavy (non-hydrogen) atoms. The van der Waals surface area contributed by atoms with E-state index >= 15 is 0 Å². The van der Waals surface area contributed by atoms with E-state index in [0.717, 1.165) is 23.4 Å². The molecule has 0 unspecified atom stereocenters. The normalized spacial score (nSPS) is 11.4. The Morgan fingerprint density at radius 3 is 2.63 bits per heavy atom. The Bertz CT molecular complexity index is 1230. The standard InChI is InChI=1S/C27H35N5O3/c1-18(2)30-25(33)20-12-11-19(3)22(17-20)32-15-13-29-24(26(32)34)31-27(4,5)21-9-7-8-10-23(21)35-16-14-28-6/h7-13,15,17-18,28H,14,16H2,1-6H3,(H,29,31)(H,30,33). The number of carbonyl (C=O) groups is 1. The van der Waals surface area contributed by atoms with Crippen molar-refractivity contribution in [3.63, 3.8) is 0 Å². The predicted octanol–water partition coefficient (Wildman–Crippen LogP) is 3.62. The molecule has 8 nitrogen and oxygen atoms in total. The summed E-state index contributed by atoms with van der Waals surface area (Å²) >= 11 is 0. The van der Waals surface area contributed by atoms with Crippen molar-refractivity contribution in [2.24, 2.45) is 0 Å². The van der Waals surface area contributed by atoms with Gasteiger partial charge in [-0.3, -0.25) is 14.2 Å². The molecular weight excluding hydrogens is 442 g/mol. The topological polar surface area (TPSA) is 97.3 Å². The first kappa shape index (κ1) is 26.0. The predicted molar refractivity (Wildman–Crippen MR) is 140 cm³/mol. The van der Waals surface area contributed by atoms with Gasteiger partial charge in [-0.25, -0.2) is 4.98 Å². The number of carbonyl (C=O) groups excluding carboxylic acids is 1. The number of hydrogen-bond acceptors (Lipinski definition) is 6. The number of nitrogens with zero attached hydrogens (tertiary/aromatic N) is 2. The van der Waals surface area contributed by atoms with Crippen LogP contribution in [0.2, 0.25) is 0 Å². The van der Waals surface area contributed by atoms with Crippen LogP contribution in [0.25, 0.3) is 5.69 Å². The zero-order chi connectivity index (χ0) is 25.6. The first-order chi connectivity index (χ1) is 16.6. The van der Waals surface area contributed by atoms with Gasteiger partial charge >= 0.3 is 0 Å². The van der Waals surface area contributed by atoms with Crippen molar-refractivity contribution >= 4 is 11.7 Å². The molecule has 0 spiro atoms. The Morgan fingerprint density at radius 2 is 1.91 bits per heavy atom. The maximum absolute atomic E-state index is 13.5. The average molecular weight is 478 g/mol. The van der Waals surface area contributed by atoms with Crippen molar-refractivity contribution < 1.29 is 9.53 Å². The first-order valence-electron chi connectivity index (χ1n) is 11.8. The summed E-state index contributed by atoms with van der Waals surface area (Å²) in [5.41, 5.74) is 1.95. The molecular formula is C27H35N5O3. The molecule has 0 aliphatic rings. The number of ether oxygens (including phenoxy) is 1. The van der Waals surface area contributed by atoms with Gasteiger partial charge in [0.25, 0.3) is 11.5 Å². The van der Waals surface area contributed by atoms with E-state index in [9.17, 15) is 9.59 Å². The SMILES string of the molecule is CNCCOc1ccccc1C(C)(C)Nc1nccn(-c2cc(C(=O)NC(C)C)ccc2C)c1=O. The third-order valence-corrected chi connectivity index (χ3v) is 5.59. The van der Waals surface area contributed by atoms with Crippen LogP contribution in [0.4, 0.5) is 5.82 Å². The number of likely N-dealkylation sites (N-methyl/N-ethyl adjacent to an activating group) is 1. The Hall–Kier alpha value is -3.65. The Morgan fingerprint density at radius 1 is 1.17 bits per heavy atom. The fraction of sp³-hybridized carbons (Fsp3) is 0.370. The largest absolute Gasteiger partial charge is 0.492 e. The fourth-order valence-corrected chi connectivity index (χ4v) is 3.78. The van der Waals surface area contributed by atoms with Crippen LogP contribution in [0.5, 0.6) is 5.75 Å². The molecule has 0 aliphatic heterocycles. The monoisotopic (exact) mass is 477 g/mol. The number of benzene rings is 2. The van der Waals surface area contributed by atoms with Crippen LogP contribution in [-0.4, -0.2) is 41.7 Å². The highest BCUT2D eigenvalue weighted by atomic mass is 16.5. The average Bonchev–Trinajstić information content (AvgIpc) is 2.81. The Balaban J connectivity index is 1.95. The van der Waals surface area contributed by atoms with Crippen LogP contribution >= 0.6 is 0 Å². The Labute approximate surface area is 206 Å². The third-order valence-electron chi connectivity index (χ3n) is 5.59. The molecule has 0 saturated heterocycles. The Kier molecular flexibility index (Phi) is 8.30. The maximum Gasteiger partial charge on any atom is 0.297 e. The van der Waals surface area contributed by atoms with Crippen LogP contribution < -0.4 is 26.2 Å². The minimum Gasteiger partial charge on any atom is -0.492 e. The second-order valence-corrected chi connectivity index (χ2v) is 9.28. The summed E-state index contributed by atoms with van der Waals surface area (Å²) in [6, 6.07) is 13.1. The van der Waals surface area contributed by atoms with Crippen LogP contribution in [0.3, 0.4) is 0 Å². The van der Waals surface area contributed by atoms with Crippen molar-refractivity contribution in [2.75, 3.05) is 25.5 Å². The molecule has 8 heteroatoms. The number of rotatable bonds is 10. The molecule has 3 N–H and O–H groups in total. The van der Waals surface area contributed by atoms with Gasteiger partial charge in [-0.15, -0.1) is 0 Å². The fourth-order valence-electron chi connectivity index (χ4n) is 3.78. The molecule has 1 amide bonds. The molecule has 2 aromatic carbocycles. The van der Waals surface area contributed by atoms with E-state index in [1.807, 2.05) is 72.0 Å². The zero-order valence-corrected chi connectivity index (χ0v) is 21.3. The van der Waals surface area contributed by atoms with Gasteiger partial charge < -0.3 is 20.7 Å². The van der Waals surface area contributed by atoms with E-state index in [2.05, 4.69) is 20.9 Å². The van der Waals surface area contributed by atoms with Crippen molar-refractivity contribution in [2.45, 2.75) is 46.2 Å². The molecule has 0 fully saturated rings. The lowest BCUT2D eigenvalue weighted by atomic mass is 9.93. The number of hydrogen-bond donors (Lipinski definition) is 3. The summed E-state index contributed by atoms with van der Waals surface area (Å²) in [4.78, 5) is 30.3. The third kappa shape index (κ3) is 6.27. The highest BCUT2D eigenvalue weighted by Gasteiger charge is 2.26. The van der Waals surface area contributed by atoms with E-state index in [0.29, 0.717) is 17.9 Å². The van der Waals surface area contributed by atoms with Gasteiger partial charge in [0.15, 0.2) is 5.82 Å². The van der Waals surface area contributed by atoms with Gasteiger partial charge in [-0.1, -0.05) is 24.3 Å². The maximum atomic E-state index is 13.5. The summed E-state index contributed by atoms with van der Waals surface area (Å²) < 4.78 is 7.48. The van der Waals surface area contributed by atoms with Gasteiger partial charge in [0.2, 0.25) is 0 Å². The summed E-state index contributed by atoms with van der Waals surface area (Å²) in [5, 5.41) is 9.27. The highest BCUT2D eigenvalue weighted by Crippen LogP contribution is 2.31. The van der Waals surface area contributed by atoms with E-state index in [1.165, 1.54) is 4.57 Å². The summed E-state index contributed by atoms with van der Waals surface area (Å²) in [5.74, 6) is 0.771.